The van der Waals surface area contributed by atoms with Gasteiger partial charge in [0.1, 0.15) is 23.4 Å². The van der Waals surface area contributed by atoms with Crippen molar-refractivity contribution in [3.05, 3.63) is 64.9 Å². The summed E-state index contributed by atoms with van der Waals surface area (Å²) in [6.07, 6.45) is 0. The lowest BCUT2D eigenvalue weighted by Crippen LogP contribution is -2.36. The predicted molar refractivity (Wildman–Crippen MR) is 98.1 cm³/mol. The number of carbonyl (C=O) groups excluding carboxylic acids is 2. The van der Waals surface area contributed by atoms with Crippen LogP contribution in [0, 0.1) is 40.3 Å². The first-order chi connectivity index (χ1) is 12.9. The number of carbonyl (C=O) groups is 2. The van der Waals surface area contributed by atoms with Crippen molar-refractivity contribution in [3.8, 4) is 12.1 Å². The number of hydrogen-bond donors (Lipinski definition) is 1. The average Bonchev–Trinajstić information content (AvgIpc) is 2.64. The van der Waals surface area contributed by atoms with Crippen LogP contribution in [0.2, 0.25) is 5.02 Å². The van der Waals surface area contributed by atoms with Gasteiger partial charge in [-0.05, 0) is 48.9 Å². The van der Waals surface area contributed by atoms with Crippen LogP contribution in [-0.4, -0.2) is 11.7 Å². The maximum atomic E-state index is 13.0. The SMILES string of the molecule is CC(=O)[C@H](C(=O)Nc1ccc(F)cc1)[C@@H](c1ccc(Cl)cc1)C(C#N)C#N. The molecule has 0 aromatic heterocycles. The number of nitrogens with zero attached hydrogens (tertiary/aromatic N) is 2. The number of nitrogens with one attached hydrogen (secondary N) is 1. The van der Waals surface area contributed by atoms with E-state index in [0.717, 1.165) is 0 Å². The Morgan fingerprint density at radius 2 is 1.59 bits per heavy atom. The maximum absolute atomic E-state index is 13.0. The number of Topliss-reactive ketones (excluding diaryl/α,β-unsaturated/α-hetero) is 1. The molecular weight excluding hydrogens is 369 g/mol. The smallest absolute Gasteiger partial charge is 0.235 e. The van der Waals surface area contributed by atoms with E-state index in [4.69, 9.17) is 11.6 Å². The highest BCUT2D eigenvalue weighted by atomic mass is 35.5. The van der Waals surface area contributed by atoms with Crippen molar-refractivity contribution in [3.63, 3.8) is 0 Å². The Kier molecular flexibility index (Phi) is 6.65. The van der Waals surface area contributed by atoms with Crippen molar-refractivity contribution >= 4 is 29.0 Å². The molecular formula is C20H15ClFN3O2. The summed E-state index contributed by atoms with van der Waals surface area (Å²) >= 11 is 5.88. The minimum Gasteiger partial charge on any atom is -0.325 e. The van der Waals surface area contributed by atoms with E-state index in [1.54, 1.807) is 24.3 Å². The van der Waals surface area contributed by atoms with E-state index in [9.17, 15) is 24.5 Å². The molecule has 2 aromatic rings. The van der Waals surface area contributed by atoms with Crippen molar-refractivity contribution in [1.29, 1.82) is 10.5 Å². The zero-order valence-electron chi connectivity index (χ0n) is 14.3. The van der Waals surface area contributed by atoms with Crippen molar-refractivity contribution in [2.24, 2.45) is 11.8 Å². The van der Waals surface area contributed by atoms with Gasteiger partial charge in [0.05, 0.1) is 12.1 Å². The van der Waals surface area contributed by atoms with Crippen molar-refractivity contribution in [1.82, 2.24) is 0 Å². The highest BCUT2D eigenvalue weighted by Gasteiger charge is 2.39. The molecule has 7 heteroatoms. The number of anilines is 1. The fourth-order valence-electron chi connectivity index (χ4n) is 2.81. The van der Waals surface area contributed by atoms with E-state index in [2.05, 4.69) is 5.32 Å². The first-order valence-electron chi connectivity index (χ1n) is 7.99. The van der Waals surface area contributed by atoms with Gasteiger partial charge in [0.15, 0.2) is 0 Å². The van der Waals surface area contributed by atoms with Gasteiger partial charge in [-0.2, -0.15) is 10.5 Å². The molecule has 0 fully saturated rings. The lowest BCUT2D eigenvalue weighted by atomic mass is 9.75. The van der Waals surface area contributed by atoms with Gasteiger partial charge in [0.2, 0.25) is 5.91 Å². The summed E-state index contributed by atoms with van der Waals surface area (Å²) in [5.74, 6) is -5.12. The molecule has 0 heterocycles. The van der Waals surface area contributed by atoms with Crippen LogP contribution in [0.3, 0.4) is 0 Å². The third kappa shape index (κ3) is 4.91. The fraction of sp³-hybridized carbons (Fsp3) is 0.200. The molecule has 1 amide bonds. The Bertz CT molecular complexity index is 900. The van der Waals surface area contributed by atoms with Crippen molar-refractivity contribution in [2.45, 2.75) is 12.8 Å². The molecule has 2 atom stereocenters. The average molecular weight is 384 g/mol. The highest BCUT2D eigenvalue weighted by Crippen LogP contribution is 2.34. The summed E-state index contributed by atoms with van der Waals surface area (Å²) in [4.78, 5) is 25.1. The van der Waals surface area contributed by atoms with Crippen LogP contribution in [0.25, 0.3) is 0 Å². The zero-order valence-corrected chi connectivity index (χ0v) is 15.1. The number of rotatable bonds is 6. The van der Waals surface area contributed by atoms with Crippen molar-refractivity contribution in [2.75, 3.05) is 5.32 Å². The first kappa shape index (κ1) is 20.1. The summed E-state index contributed by atoms with van der Waals surface area (Å²) in [6, 6.07) is 15.0. The van der Waals surface area contributed by atoms with Gasteiger partial charge in [-0.15, -0.1) is 0 Å². The van der Waals surface area contributed by atoms with Crippen LogP contribution < -0.4 is 5.32 Å². The predicted octanol–water partition coefficient (Wildman–Crippen LogP) is 4.07. The number of halogens is 2. The second kappa shape index (κ2) is 8.93. The Hall–Kier alpha value is -3.22. The van der Waals surface area contributed by atoms with E-state index >= 15 is 0 Å². The molecule has 0 bridgehead atoms. The Balaban J connectivity index is 2.44. The molecule has 27 heavy (non-hydrogen) atoms. The minimum absolute atomic E-state index is 0.299. The van der Waals surface area contributed by atoms with Crippen LogP contribution in [0.4, 0.5) is 10.1 Å². The van der Waals surface area contributed by atoms with Gasteiger partial charge in [-0.3, -0.25) is 9.59 Å². The fourth-order valence-corrected chi connectivity index (χ4v) is 2.93. The highest BCUT2D eigenvalue weighted by molar-refractivity contribution is 6.30. The first-order valence-corrected chi connectivity index (χ1v) is 8.36. The lowest BCUT2D eigenvalue weighted by molar-refractivity contribution is -0.131. The van der Waals surface area contributed by atoms with E-state index in [1.165, 1.54) is 31.2 Å². The van der Waals surface area contributed by atoms with Gasteiger partial charge in [-0.1, -0.05) is 23.7 Å². The zero-order chi connectivity index (χ0) is 20.0. The quantitative estimate of drug-likeness (QED) is 0.761. The molecule has 2 aromatic carbocycles. The number of benzene rings is 2. The summed E-state index contributed by atoms with van der Waals surface area (Å²) in [6.45, 7) is 1.23. The van der Waals surface area contributed by atoms with E-state index in [1.807, 2.05) is 12.1 Å². The number of hydrogen-bond acceptors (Lipinski definition) is 4. The van der Waals surface area contributed by atoms with Crippen LogP contribution in [0.1, 0.15) is 18.4 Å². The Morgan fingerprint density at radius 3 is 2.07 bits per heavy atom. The molecule has 1 N–H and O–H groups in total. The van der Waals surface area contributed by atoms with Gasteiger partial charge < -0.3 is 5.32 Å². The molecule has 0 unspecified atom stereocenters. The number of amides is 1. The molecule has 0 spiro atoms. The summed E-state index contributed by atoms with van der Waals surface area (Å²) in [7, 11) is 0. The molecule has 0 aliphatic heterocycles. The topological polar surface area (TPSA) is 93.8 Å². The van der Waals surface area contributed by atoms with Gasteiger partial charge in [-0.25, -0.2) is 4.39 Å². The summed E-state index contributed by atoms with van der Waals surface area (Å²) < 4.78 is 13.0. The Labute approximate surface area is 161 Å². The van der Waals surface area contributed by atoms with Crippen LogP contribution in [-0.2, 0) is 9.59 Å². The van der Waals surface area contributed by atoms with Crippen molar-refractivity contribution < 1.29 is 14.0 Å². The summed E-state index contributed by atoms with van der Waals surface area (Å²) in [5.41, 5.74) is 0.773. The molecule has 0 saturated heterocycles. The van der Waals surface area contributed by atoms with Crippen LogP contribution >= 0.6 is 11.6 Å². The number of nitriles is 2. The second-order valence-corrected chi connectivity index (χ2v) is 6.33. The third-order valence-electron chi connectivity index (χ3n) is 4.08. The van der Waals surface area contributed by atoms with Gasteiger partial charge in [0, 0.05) is 16.6 Å². The third-order valence-corrected chi connectivity index (χ3v) is 4.34. The molecule has 0 radical (unpaired) electrons. The number of ketones is 1. The van der Waals surface area contributed by atoms with Gasteiger partial charge >= 0.3 is 0 Å². The summed E-state index contributed by atoms with van der Waals surface area (Å²) in [5, 5.41) is 21.7. The molecule has 0 aliphatic carbocycles. The van der Waals surface area contributed by atoms with Crippen LogP contribution in [0.5, 0.6) is 0 Å². The van der Waals surface area contributed by atoms with E-state index in [0.29, 0.717) is 16.3 Å². The van der Waals surface area contributed by atoms with E-state index in [-0.39, 0.29) is 0 Å². The van der Waals surface area contributed by atoms with E-state index < -0.39 is 35.3 Å². The molecule has 0 saturated carbocycles. The molecule has 2 rings (SSSR count). The second-order valence-electron chi connectivity index (χ2n) is 5.90. The minimum atomic E-state index is -1.28. The Morgan fingerprint density at radius 1 is 1.04 bits per heavy atom. The molecule has 5 nitrogen and oxygen atoms in total. The normalized spacial score (nSPS) is 12.5. The lowest BCUT2D eigenvalue weighted by Gasteiger charge is -2.25. The largest absolute Gasteiger partial charge is 0.325 e. The standard InChI is InChI=1S/C20H15ClFN3O2/c1-12(26)18(20(27)25-17-8-6-16(22)7-9-17)19(14(10-23)11-24)13-2-4-15(21)5-3-13/h2-9,14,18-19H,1H3,(H,25,27)/t18-,19-/m0/s1. The van der Waals surface area contributed by atoms with Crippen LogP contribution in [0.15, 0.2) is 48.5 Å². The van der Waals surface area contributed by atoms with Gasteiger partial charge in [0.25, 0.3) is 0 Å². The monoisotopic (exact) mass is 383 g/mol. The maximum Gasteiger partial charge on any atom is 0.235 e. The molecule has 0 aliphatic rings. The molecule has 136 valence electrons.